The SMILES string of the molecule is COc1ccc(/C=C2\CCCc3c2nc2ccccc2c3C(=O)OCC(C)=O)cc1OC. The molecule has 0 unspecified atom stereocenters. The topological polar surface area (TPSA) is 74.7 Å². The van der Waals surface area contributed by atoms with Crippen molar-refractivity contribution in [3.05, 3.63) is 64.8 Å². The van der Waals surface area contributed by atoms with E-state index in [0.29, 0.717) is 17.1 Å². The second-order valence-corrected chi connectivity index (χ2v) is 7.75. The molecule has 0 radical (unpaired) electrons. The molecule has 0 saturated carbocycles. The number of carbonyl (C=O) groups is 2. The maximum atomic E-state index is 13.0. The molecule has 1 aromatic heterocycles. The molecule has 0 fully saturated rings. The van der Waals surface area contributed by atoms with Crippen LogP contribution in [0.25, 0.3) is 22.6 Å². The molecule has 3 aromatic rings. The number of para-hydroxylation sites is 1. The summed E-state index contributed by atoms with van der Waals surface area (Å²) in [6.07, 6.45) is 4.53. The zero-order chi connectivity index (χ0) is 22.7. The zero-order valence-electron chi connectivity index (χ0n) is 18.4. The van der Waals surface area contributed by atoms with Crippen molar-refractivity contribution in [2.24, 2.45) is 0 Å². The van der Waals surface area contributed by atoms with Gasteiger partial charge in [0.2, 0.25) is 0 Å². The summed E-state index contributed by atoms with van der Waals surface area (Å²) in [5, 5.41) is 0.743. The summed E-state index contributed by atoms with van der Waals surface area (Å²) in [6, 6.07) is 13.3. The first kappa shape index (κ1) is 21.6. The fourth-order valence-corrected chi connectivity index (χ4v) is 4.09. The molecule has 1 aliphatic carbocycles. The normalized spacial score (nSPS) is 14.2. The monoisotopic (exact) mass is 431 g/mol. The standard InChI is InChI=1S/C26H25NO5/c1-16(28)15-32-26(29)24-19-8-4-5-10-21(19)27-25-18(7-6-9-20(24)25)13-17-11-12-22(30-2)23(14-17)31-3/h4-5,8,10-14H,6-7,9,15H2,1-3H3/b18-13+. The lowest BCUT2D eigenvalue weighted by Crippen LogP contribution is -2.17. The van der Waals surface area contributed by atoms with Crippen LogP contribution in [-0.2, 0) is 16.0 Å². The highest BCUT2D eigenvalue weighted by Gasteiger charge is 2.26. The van der Waals surface area contributed by atoms with Crippen molar-refractivity contribution in [2.75, 3.05) is 20.8 Å². The van der Waals surface area contributed by atoms with Gasteiger partial charge in [0.15, 0.2) is 17.3 Å². The van der Waals surface area contributed by atoms with Crippen LogP contribution in [0.4, 0.5) is 0 Å². The Morgan fingerprint density at radius 3 is 2.56 bits per heavy atom. The van der Waals surface area contributed by atoms with Gasteiger partial charge in [-0.3, -0.25) is 4.79 Å². The van der Waals surface area contributed by atoms with Crippen molar-refractivity contribution >= 4 is 34.3 Å². The van der Waals surface area contributed by atoms with E-state index in [-0.39, 0.29) is 12.4 Å². The number of aromatic nitrogens is 1. The number of ketones is 1. The summed E-state index contributed by atoms with van der Waals surface area (Å²) in [6.45, 7) is 1.16. The Kier molecular flexibility index (Phi) is 6.21. The Labute approximate surface area is 186 Å². The van der Waals surface area contributed by atoms with E-state index in [1.807, 2.05) is 42.5 Å². The molecule has 1 heterocycles. The number of hydrogen-bond donors (Lipinski definition) is 0. The van der Waals surface area contributed by atoms with E-state index in [1.54, 1.807) is 14.2 Å². The number of esters is 1. The fraction of sp³-hybridized carbons (Fsp3) is 0.269. The zero-order valence-corrected chi connectivity index (χ0v) is 18.4. The first-order valence-corrected chi connectivity index (χ1v) is 10.5. The average molecular weight is 431 g/mol. The number of fused-ring (bicyclic) bond motifs is 2. The summed E-state index contributed by atoms with van der Waals surface area (Å²) < 4.78 is 16.1. The lowest BCUT2D eigenvalue weighted by atomic mass is 9.86. The van der Waals surface area contributed by atoms with Crippen LogP contribution in [0.2, 0.25) is 0 Å². The van der Waals surface area contributed by atoms with Crippen molar-refractivity contribution < 1.29 is 23.8 Å². The van der Waals surface area contributed by atoms with E-state index < -0.39 is 5.97 Å². The number of carbonyl (C=O) groups excluding carboxylic acids is 2. The van der Waals surface area contributed by atoms with E-state index >= 15 is 0 Å². The number of hydrogen-bond acceptors (Lipinski definition) is 6. The number of pyridine rings is 1. The summed E-state index contributed by atoms with van der Waals surface area (Å²) >= 11 is 0. The first-order chi connectivity index (χ1) is 15.5. The quantitative estimate of drug-likeness (QED) is 0.518. The number of allylic oxidation sites excluding steroid dienone is 1. The minimum absolute atomic E-state index is 0.195. The third-order valence-electron chi connectivity index (χ3n) is 5.53. The van der Waals surface area contributed by atoms with E-state index in [2.05, 4.69) is 6.08 Å². The lowest BCUT2D eigenvalue weighted by Gasteiger charge is -2.22. The number of benzene rings is 2. The molecule has 32 heavy (non-hydrogen) atoms. The van der Waals surface area contributed by atoms with Crippen LogP contribution in [0.3, 0.4) is 0 Å². The molecular formula is C26H25NO5. The van der Waals surface area contributed by atoms with Crippen molar-refractivity contribution in [2.45, 2.75) is 26.2 Å². The molecule has 0 saturated heterocycles. The first-order valence-electron chi connectivity index (χ1n) is 10.5. The van der Waals surface area contributed by atoms with Crippen LogP contribution >= 0.6 is 0 Å². The number of nitrogens with zero attached hydrogens (tertiary/aromatic N) is 1. The van der Waals surface area contributed by atoms with Crippen LogP contribution in [-0.4, -0.2) is 37.6 Å². The number of ether oxygens (including phenoxy) is 3. The Morgan fingerprint density at radius 1 is 1.03 bits per heavy atom. The van der Waals surface area contributed by atoms with Gasteiger partial charge >= 0.3 is 5.97 Å². The van der Waals surface area contributed by atoms with E-state index in [1.165, 1.54) is 6.92 Å². The van der Waals surface area contributed by atoms with E-state index in [4.69, 9.17) is 19.2 Å². The third kappa shape index (κ3) is 4.21. The van der Waals surface area contributed by atoms with Crippen LogP contribution < -0.4 is 9.47 Å². The molecule has 0 spiro atoms. The number of rotatable bonds is 6. The molecule has 0 N–H and O–H groups in total. The van der Waals surface area contributed by atoms with E-state index in [0.717, 1.165) is 52.6 Å². The minimum Gasteiger partial charge on any atom is -0.493 e. The van der Waals surface area contributed by atoms with E-state index in [9.17, 15) is 9.59 Å². The lowest BCUT2D eigenvalue weighted by molar-refractivity contribution is -0.120. The van der Waals surface area contributed by atoms with Gasteiger partial charge in [-0.2, -0.15) is 0 Å². The van der Waals surface area contributed by atoms with Crippen LogP contribution in [0, 0.1) is 0 Å². The predicted molar refractivity (Wildman–Crippen MR) is 123 cm³/mol. The number of Topliss-reactive ketones (excluding diaryl/α,β-unsaturated/α-hetero) is 1. The molecule has 1 aliphatic rings. The summed E-state index contributed by atoms with van der Waals surface area (Å²) in [5.41, 5.74) is 4.91. The van der Waals surface area contributed by atoms with Gasteiger partial charge in [-0.25, -0.2) is 9.78 Å². The Hall–Kier alpha value is -3.67. The highest BCUT2D eigenvalue weighted by atomic mass is 16.5. The highest BCUT2D eigenvalue weighted by Crippen LogP contribution is 2.37. The predicted octanol–water partition coefficient (Wildman–Crippen LogP) is 4.87. The minimum atomic E-state index is -0.484. The fourth-order valence-electron chi connectivity index (χ4n) is 4.09. The van der Waals surface area contributed by atoms with Crippen molar-refractivity contribution in [1.29, 1.82) is 0 Å². The Bertz CT molecular complexity index is 1230. The van der Waals surface area contributed by atoms with Crippen molar-refractivity contribution in [3.8, 4) is 11.5 Å². The van der Waals surface area contributed by atoms with Crippen molar-refractivity contribution in [1.82, 2.24) is 4.98 Å². The van der Waals surface area contributed by atoms with Crippen molar-refractivity contribution in [3.63, 3.8) is 0 Å². The molecule has 0 amide bonds. The molecule has 6 nitrogen and oxygen atoms in total. The van der Waals surface area contributed by atoms with Crippen LogP contribution in [0.5, 0.6) is 11.5 Å². The summed E-state index contributed by atoms with van der Waals surface area (Å²) in [7, 11) is 3.21. The molecular weight excluding hydrogens is 406 g/mol. The molecule has 0 aliphatic heterocycles. The van der Waals surface area contributed by atoms with Gasteiger partial charge in [0.25, 0.3) is 0 Å². The molecule has 4 rings (SSSR count). The molecule has 2 aromatic carbocycles. The second kappa shape index (κ2) is 9.22. The maximum Gasteiger partial charge on any atom is 0.339 e. The average Bonchev–Trinajstić information content (AvgIpc) is 2.81. The molecule has 6 heteroatoms. The maximum absolute atomic E-state index is 13.0. The summed E-state index contributed by atoms with van der Waals surface area (Å²) in [5.74, 6) is 0.637. The Morgan fingerprint density at radius 2 is 1.81 bits per heavy atom. The van der Waals surface area contributed by atoms with Crippen LogP contribution in [0.1, 0.15) is 46.9 Å². The molecule has 0 atom stereocenters. The van der Waals surface area contributed by atoms with Gasteiger partial charge in [-0.15, -0.1) is 0 Å². The van der Waals surface area contributed by atoms with Gasteiger partial charge in [0, 0.05) is 5.39 Å². The second-order valence-electron chi connectivity index (χ2n) is 7.75. The smallest absolute Gasteiger partial charge is 0.339 e. The van der Waals surface area contributed by atoms with Gasteiger partial charge in [-0.05, 0) is 67.2 Å². The van der Waals surface area contributed by atoms with Crippen LogP contribution in [0.15, 0.2) is 42.5 Å². The highest BCUT2D eigenvalue weighted by molar-refractivity contribution is 6.07. The molecule has 0 bridgehead atoms. The molecule has 164 valence electrons. The third-order valence-corrected chi connectivity index (χ3v) is 5.53. The van der Waals surface area contributed by atoms with Gasteiger partial charge in [0.05, 0.1) is 31.0 Å². The van der Waals surface area contributed by atoms with Gasteiger partial charge < -0.3 is 14.2 Å². The largest absolute Gasteiger partial charge is 0.493 e. The Balaban J connectivity index is 1.85. The van der Waals surface area contributed by atoms with Gasteiger partial charge in [0.1, 0.15) is 6.61 Å². The van der Waals surface area contributed by atoms with Gasteiger partial charge in [-0.1, -0.05) is 24.3 Å². The summed E-state index contributed by atoms with van der Waals surface area (Å²) in [4.78, 5) is 29.3. The number of methoxy groups -OCH3 is 2.